The Bertz CT molecular complexity index is 680. The number of benzene rings is 2. The zero-order chi connectivity index (χ0) is 19.3. The van der Waals surface area contributed by atoms with Gasteiger partial charge < -0.3 is 9.74 Å². The van der Waals surface area contributed by atoms with Crippen molar-refractivity contribution in [1.29, 1.82) is 0 Å². The molecular weight excluding hydrogens is 346 g/mol. The highest BCUT2D eigenvalue weighted by Crippen LogP contribution is 2.36. The van der Waals surface area contributed by atoms with Gasteiger partial charge in [0.05, 0.1) is 6.61 Å². The summed E-state index contributed by atoms with van der Waals surface area (Å²) in [6, 6.07) is 22.5. The molecule has 2 aromatic rings. The summed E-state index contributed by atoms with van der Waals surface area (Å²) in [5.41, 5.74) is 0. The fraction of sp³-hybridized carbons (Fsp3) is 0.417. The van der Waals surface area contributed by atoms with Gasteiger partial charge in [-0.05, 0) is 28.3 Å². The Labute approximate surface area is 165 Å². The number of hydrogen-bond donors (Lipinski definition) is 1. The normalized spacial score (nSPS) is 16.6. The van der Waals surface area contributed by atoms with E-state index < -0.39 is 8.32 Å². The highest BCUT2D eigenvalue weighted by Gasteiger charge is 2.50. The predicted molar refractivity (Wildman–Crippen MR) is 118 cm³/mol. The first-order valence-corrected chi connectivity index (χ1v) is 12.0. The molecule has 27 heavy (non-hydrogen) atoms. The second-order valence-electron chi connectivity index (χ2n) is 8.61. The van der Waals surface area contributed by atoms with E-state index in [4.69, 9.17) is 4.43 Å². The predicted octanol–water partition coefficient (Wildman–Crippen LogP) is 4.26. The molecule has 1 N–H and O–H groups in total. The third kappa shape index (κ3) is 4.26. The Balaban J connectivity index is 1.97. The van der Waals surface area contributed by atoms with Gasteiger partial charge in [0.15, 0.2) is 0 Å². The molecule has 1 aliphatic carbocycles. The molecule has 0 bridgehead atoms. The van der Waals surface area contributed by atoms with Crippen molar-refractivity contribution in [1.82, 2.24) is 5.32 Å². The third-order valence-corrected chi connectivity index (χ3v) is 10.7. The fourth-order valence-electron chi connectivity index (χ4n) is 4.04. The number of nitrogens with one attached hydrogen (secondary N) is 1. The summed E-state index contributed by atoms with van der Waals surface area (Å²) in [5, 5.41) is 6.38. The van der Waals surface area contributed by atoms with Crippen molar-refractivity contribution in [2.75, 3.05) is 6.61 Å². The smallest absolute Gasteiger partial charge is 0.261 e. The summed E-state index contributed by atoms with van der Waals surface area (Å²) in [4.78, 5) is 0. The Morgan fingerprint density at radius 1 is 1.04 bits per heavy atom. The Hall–Kier alpha value is -1.68. The molecule has 1 saturated carbocycles. The maximum Gasteiger partial charge on any atom is 0.261 e. The van der Waals surface area contributed by atoms with Gasteiger partial charge in [0.25, 0.3) is 8.32 Å². The van der Waals surface area contributed by atoms with E-state index in [9.17, 15) is 0 Å². The van der Waals surface area contributed by atoms with E-state index in [1.807, 2.05) is 6.08 Å². The summed E-state index contributed by atoms with van der Waals surface area (Å²) < 4.78 is 6.99. The van der Waals surface area contributed by atoms with Gasteiger partial charge in [0.2, 0.25) is 0 Å². The van der Waals surface area contributed by atoms with Gasteiger partial charge in [-0.1, -0.05) is 93.9 Å². The fourth-order valence-corrected chi connectivity index (χ4v) is 8.62. The van der Waals surface area contributed by atoms with Gasteiger partial charge in [-0.25, -0.2) is 0 Å². The van der Waals surface area contributed by atoms with Gasteiger partial charge in [-0.2, -0.15) is 0 Å². The van der Waals surface area contributed by atoms with Crippen LogP contribution >= 0.6 is 0 Å². The molecule has 2 nitrogen and oxygen atoms in total. The van der Waals surface area contributed by atoms with Crippen LogP contribution in [0, 0.1) is 0 Å². The van der Waals surface area contributed by atoms with Crippen molar-refractivity contribution in [3.8, 4) is 0 Å². The van der Waals surface area contributed by atoms with Crippen LogP contribution in [0.5, 0.6) is 0 Å². The van der Waals surface area contributed by atoms with Crippen molar-refractivity contribution in [2.45, 2.75) is 57.2 Å². The van der Waals surface area contributed by atoms with E-state index in [0.29, 0.717) is 12.6 Å². The van der Waals surface area contributed by atoms with Gasteiger partial charge in [-0.15, -0.1) is 6.58 Å². The first-order chi connectivity index (χ1) is 13.0. The molecule has 0 aliphatic heterocycles. The van der Waals surface area contributed by atoms with Crippen LogP contribution in [0.3, 0.4) is 0 Å². The summed E-state index contributed by atoms with van der Waals surface area (Å²) in [5.74, 6) is 0. The molecule has 1 fully saturated rings. The highest BCUT2D eigenvalue weighted by molar-refractivity contribution is 6.99. The number of rotatable bonds is 8. The van der Waals surface area contributed by atoms with Gasteiger partial charge >= 0.3 is 0 Å². The third-order valence-electron chi connectivity index (χ3n) is 5.74. The second kappa shape index (κ2) is 8.55. The van der Waals surface area contributed by atoms with Crippen LogP contribution in [-0.2, 0) is 4.43 Å². The van der Waals surface area contributed by atoms with Crippen LogP contribution in [0.2, 0.25) is 5.04 Å². The molecule has 1 atom stereocenters. The number of hydrogen-bond acceptors (Lipinski definition) is 2. The highest BCUT2D eigenvalue weighted by atomic mass is 28.4. The van der Waals surface area contributed by atoms with Gasteiger partial charge in [-0.3, -0.25) is 0 Å². The standard InChI is InChI=1S/C24H33NOSi/c1-5-20(25-21-13-12-14-21)19-26-27(24(2,3)4,22-15-8-6-9-16-22)23-17-10-7-11-18-23/h5-11,15-18,20-21,25H,1,12-14,19H2,2-4H3/t20-/m0/s1. The Morgan fingerprint density at radius 2 is 1.56 bits per heavy atom. The lowest BCUT2D eigenvalue weighted by Crippen LogP contribution is -2.67. The zero-order valence-electron chi connectivity index (χ0n) is 16.9. The maximum atomic E-state index is 6.99. The van der Waals surface area contributed by atoms with Crippen LogP contribution in [0.4, 0.5) is 0 Å². The van der Waals surface area contributed by atoms with Crippen LogP contribution in [0.1, 0.15) is 40.0 Å². The van der Waals surface area contributed by atoms with E-state index in [1.54, 1.807) is 0 Å². The first kappa shape index (κ1) is 20.1. The minimum Gasteiger partial charge on any atom is -0.405 e. The molecule has 1 aliphatic rings. The monoisotopic (exact) mass is 379 g/mol. The van der Waals surface area contributed by atoms with E-state index in [1.165, 1.54) is 29.6 Å². The van der Waals surface area contributed by atoms with E-state index in [-0.39, 0.29) is 11.1 Å². The van der Waals surface area contributed by atoms with E-state index in [0.717, 1.165) is 0 Å². The topological polar surface area (TPSA) is 21.3 Å². The molecule has 0 saturated heterocycles. The molecule has 3 rings (SSSR count). The summed E-state index contributed by atoms with van der Waals surface area (Å²) in [6.45, 7) is 11.7. The largest absolute Gasteiger partial charge is 0.405 e. The van der Waals surface area contributed by atoms with Crippen LogP contribution in [-0.4, -0.2) is 27.0 Å². The minimum atomic E-state index is -2.46. The molecule has 0 heterocycles. The molecular formula is C24H33NOSi. The Kier molecular flexibility index (Phi) is 6.35. The first-order valence-electron chi connectivity index (χ1n) is 10.1. The van der Waals surface area contributed by atoms with Crippen molar-refractivity contribution >= 4 is 18.7 Å². The lowest BCUT2D eigenvalue weighted by atomic mass is 9.92. The lowest BCUT2D eigenvalue weighted by molar-refractivity contribution is 0.236. The van der Waals surface area contributed by atoms with E-state index in [2.05, 4.69) is 93.3 Å². The van der Waals surface area contributed by atoms with Crippen LogP contribution in [0.25, 0.3) is 0 Å². The SMILES string of the molecule is C=C[C@@H](CO[Si](c1ccccc1)(c1ccccc1)C(C)(C)C)NC1CCC1. The summed E-state index contributed by atoms with van der Waals surface area (Å²) in [7, 11) is -2.46. The van der Waals surface area contributed by atoms with Crippen LogP contribution < -0.4 is 15.7 Å². The summed E-state index contributed by atoms with van der Waals surface area (Å²) in [6.07, 6.45) is 5.88. The van der Waals surface area contributed by atoms with Gasteiger partial charge in [0.1, 0.15) is 0 Å². The average Bonchev–Trinajstić information content (AvgIpc) is 2.64. The molecule has 0 amide bonds. The van der Waals surface area contributed by atoms with Crippen molar-refractivity contribution < 1.29 is 4.43 Å². The van der Waals surface area contributed by atoms with Gasteiger partial charge in [0, 0.05) is 12.1 Å². The second-order valence-corrected chi connectivity index (χ2v) is 12.9. The minimum absolute atomic E-state index is 0.0118. The lowest BCUT2D eigenvalue weighted by Gasteiger charge is -2.44. The molecule has 144 valence electrons. The average molecular weight is 380 g/mol. The maximum absolute atomic E-state index is 6.99. The van der Waals surface area contributed by atoms with Crippen molar-refractivity contribution in [2.24, 2.45) is 0 Å². The van der Waals surface area contributed by atoms with E-state index >= 15 is 0 Å². The quantitative estimate of drug-likeness (QED) is 0.547. The molecule has 0 unspecified atom stereocenters. The van der Waals surface area contributed by atoms with Crippen molar-refractivity contribution in [3.05, 3.63) is 73.3 Å². The van der Waals surface area contributed by atoms with Crippen LogP contribution in [0.15, 0.2) is 73.3 Å². The molecule has 3 heteroatoms. The Morgan fingerprint density at radius 3 is 1.93 bits per heavy atom. The molecule has 2 aromatic carbocycles. The zero-order valence-corrected chi connectivity index (χ0v) is 17.9. The van der Waals surface area contributed by atoms with Crippen molar-refractivity contribution in [3.63, 3.8) is 0 Å². The summed E-state index contributed by atoms with van der Waals surface area (Å²) >= 11 is 0. The molecule has 0 spiro atoms. The molecule has 0 aromatic heterocycles. The molecule has 0 radical (unpaired) electrons.